The van der Waals surface area contributed by atoms with Crippen LogP contribution in [0, 0.1) is 0 Å². The minimum Gasteiger partial charge on any atom is -0.329 e. The summed E-state index contributed by atoms with van der Waals surface area (Å²) in [6, 6.07) is 7.19. The predicted octanol–water partition coefficient (Wildman–Crippen LogP) is 1.47. The first-order chi connectivity index (χ1) is 6.36. The van der Waals surface area contributed by atoms with E-state index in [1.165, 1.54) is 6.08 Å². The number of benzene rings is 1. The van der Waals surface area contributed by atoms with Gasteiger partial charge >= 0.3 is 0 Å². The van der Waals surface area contributed by atoms with Crippen LogP contribution < -0.4 is 5.32 Å². The molecule has 0 atom stereocenters. The molecule has 0 spiro atoms. The van der Waals surface area contributed by atoms with Crippen LogP contribution in [0.1, 0.15) is 5.56 Å². The molecule has 0 bridgehead atoms. The molecule has 1 amide bonds. The number of rotatable bonds is 4. The van der Waals surface area contributed by atoms with Gasteiger partial charge in [-0.2, -0.15) is 0 Å². The highest BCUT2D eigenvalue weighted by atomic mass is 16.1. The molecule has 3 nitrogen and oxygen atoms in total. The van der Waals surface area contributed by atoms with Crippen LogP contribution in [0.2, 0.25) is 0 Å². The molecule has 3 heteroatoms. The normalized spacial score (nSPS) is 9.85. The van der Waals surface area contributed by atoms with E-state index >= 15 is 0 Å². The van der Waals surface area contributed by atoms with E-state index in [1.54, 1.807) is 24.3 Å². The van der Waals surface area contributed by atoms with Crippen LogP contribution >= 0.6 is 0 Å². The highest BCUT2D eigenvalue weighted by Gasteiger charge is 1.90. The van der Waals surface area contributed by atoms with Gasteiger partial charge in [-0.05, 0) is 23.8 Å². The zero-order valence-electron chi connectivity index (χ0n) is 6.94. The molecule has 0 unspecified atom stereocenters. The number of aldehydes is 1. The first kappa shape index (κ1) is 9.19. The van der Waals surface area contributed by atoms with Crippen LogP contribution in [0.3, 0.4) is 0 Å². The molecule has 1 rings (SSSR count). The van der Waals surface area contributed by atoms with E-state index in [1.807, 2.05) is 6.07 Å². The number of nitrogens with one attached hydrogen (secondary N) is 1. The smallest absolute Gasteiger partial charge is 0.211 e. The molecule has 0 aromatic heterocycles. The number of anilines is 1. The average molecular weight is 175 g/mol. The van der Waals surface area contributed by atoms with Crippen LogP contribution in [0.15, 0.2) is 30.3 Å². The standard InChI is InChI=1S/C10H9NO2/c12-6-2-4-9-3-1-5-10(7-9)11-8-13/h1-8H,(H,11,13)/b4-2+. The van der Waals surface area contributed by atoms with E-state index in [2.05, 4.69) is 5.32 Å². The summed E-state index contributed by atoms with van der Waals surface area (Å²) in [5.41, 5.74) is 1.59. The minimum absolute atomic E-state index is 0.614. The second-order valence-corrected chi connectivity index (χ2v) is 2.38. The molecule has 66 valence electrons. The van der Waals surface area contributed by atoms with Crippen LogP contribution in [-0.4, -0.2) is 12.7 Å². The van der Waals surface area contributed by atoms with Crippen molar-refractivity contribution in [2.45, 2.75) is 0 Å². The van der Waals surface area contributed by atoms with Crippen LogP contribution in [0.25, 0.3) is 6.08 Å². The summed E-state index contributed by atoms with van der Waals surface area (Å²) in [5, 5.41) is 2.52. The highest BCUT2D eigenvalue weighted by molar-refractivity contribution is 5.76. The highest BCUT2D eigenvalue weighted by Crippen LogP contribution is 2.10. The zero-order valence-corrected chi connectivity index (χ0v) is 6.94. The van der Waals surface area contributed by atoms with E-state index in [9.17, 15) is 9.59 Å². The monoisotopic (exact) mass is 175 g/mol. The van der Waals surface area contributed by atoms with Gasteiger partial charge < -0.3 is 5.32 Å². The molecule has 0 saturated carbocycles. The first-order valence-corrected chi connectivity index (χ1v) is 3.79. The molecule has 1 N–H and O–H groups in total. The maximum absolute atomic E-state index is 10.1. The van der Waals surface area contributed by atoms with Crippen molar-refractivity contribution in [2.75, 3.05) is 5.32 Å². The Kier molecular flexibility index (Phi) is 3.45. The van der Waals surface area contributed by atoms with Gasteiger partial charge in [-0.25, -0.2) is 0 Å². The zero-order chi connectivity index (χ0) is 9.52. The Morgan fingerprint density at radius 2 is 2.08 bits per heavy atom. The van der Waals surface area contributed by atoms with Gasteiger partial charge in [0.15, 0.2) is 0 Å². The molecule has 0 aliphatic carbocycles. The maximum atomic E-state index is 10.1. The van der Waals surface area contributed by atoms with Crippen LogP contribution in [-0.2, 0) is 9.59 Å². The van der Waals surface area contributed by atoms with Crippen molar-refractivity contribution in [1.29, 1.82) is 0 Å². The van der Waals surface area contributed by atoms with Gasteiger partial charge in [-0.3, -0.25) is 9.59 Å². The Morgan fingerprint density at radius 1 is 1.23 bits per heavy atom. The molecular formula is C10H9NO2. The third kappa shape index (κ3) is 2.91. The average Bonchev–Trinajstić information content (AvgIpc) is 2.16. The molecular weight excluding hydrogens is 166 g/mol. The third-order valence-corrected chi connectivity index (χ3v) is 1.48. The molecule has 0 saturated heterocycles. The van der Waals surface area contributed by atoms with Gasteiger partial charge in [0.1, 0.15) is 6.29 Å². The van der Waals surface area contributed by atoms with Crippen molar-refractivity contribution in [3.63, 3.8) is 0 Å². The van der Waals surface area contributed by atoms with Gasteiger partial charge in [0, 0.05) is 5.69 Å². The molecule has 0 aliphatic heterocycles. The molecule has 1 aromatic carbocycles. The van der Waals surface area contributed by atoms with Gasteiger partial charge in [-0.1, -0.05) is 18.2 Å². The van der Waals surface area contributed by atoms with Gasteiger partial charge in [0.25, 0.3) is 0 Å². The number of hydrogen-bond donors (Lipinski definition) is 1. The molecule has 0 fully saturated rings. The van der Waals surface area contributed by atoms with Crippen molar-refractivity contribution >= 4 is 24.5 Å². The topological polar surface area (TPSA) is 46.2 Å². The van der Waals surface area contributed by atoms with E-state index in [-0.39, 0.29) is 0 Å². The summed E-state index contributed by atoms with van der Waals surface area (Å²) in [5.74, 6) is 0. The fourth-order valence-corrected chi connectivity index (χ4v) is 0.951. The Hall–Kier alpha value is -1.90. The van der Waals surface area contributed by atoms with E-state index < -0.39 is 0 Å². The van der Waals surface area contributed by atoms with Crippen LogP contribution in [0.5, 0.6) is 0 Å². The SMILES string of the molecule is O=C/C=C/c1cccc(NC=O)c1. The second kappa shape index (κ2) is 4.87. The van der Waals surface area contributed by atoms with Gasteiger partial charge in [-0.15, -0.1) is 0 Å². The quantitative estimate of drug-likeness (QED) is 0.556. The van der Waals surface area contributed by atoms with E-state index in [0.29, 0.717) is 18.4 Å². The fraction of sp³-hybridized carbons (Fsp3) is 0. The summed E-state index contributed by atoms with van der Waals surface area (Å²) in [6.45, 7) is 0. The van der Waals surface area contributed by atoms with Crippen molar-refractivity contribution in [2.24, 2.45) is 0 Å². The van der Waals surface area contributed by atoms with E-state index in [0.717, 1.165) is 5.56 Å². The number of amides is 1. The Bertz CT molecular complexity index is 331. The van der Waals surface area contributed by atoms with Crippen molar-refractivity contribution < 1.29 is 9.59 Å². The molecule has 0 radical (unpaired) electrons. The lowest BCUT2D eigenvalue weighted by atomic mass is 10.2. The van der Waals surface area contributed by atoms with E-state index in [4.69, 9.17) is 0 Å². The predicted molar refractivity (Wildman–Crippen MR) is 51.2 cm³/mol. The number of carbonyl (C=O) groups is 2. The number of allylic oxidation sites excluding steroid dienone is 1. The Labute approximate surface area is 76.1 Å². The van der Waals surface area contributed by atoms with Crippen molar-refractivity contribution in [3.8, 4) is 0 Å². The first-order valence-electron chi connectivity index (χ1n) is 3.79. The molecule has 13 heavy (non-hydrogen) atoms. The van der Waals surface area contributed by atoms with Crippen molar-refractivity contribution in [3.05, 3.63) is 35.9 Å². The second-order valence-electron chi connectivity index (χ2n) is 2.38. The largest absolute Gasteiger partial charge is 0.329 e. The molecule has 1 aromatic rings. The molecule has 0 aliphatic rings. The minimum atomic E-state index is 0.614. The number of carbonyl (C=O) groups excluding carboxylic acids is 2. The van der Waals surface area contributed by atoms with Crippen molar-refractivity contribution in [1.82, 2.24) is 0 Å². The number of hydrogen-bond acceptors (Lipinski definition) is 2. The van der Waals surface area contributed by atoms with Gasteiger partial charge in [0.05, 0.1) is 0 Å². The summed E-state index contributed by atoms with van der Waals surface area (Å²) in [4.78, 5) is 20.1. The summed E-state index contributed by atoms with van der Waals surface area (Å²) in [6.07, 6.45) is 4.39. The Balaban J connectivity index is 2.84. The van der Waals surface area contributed by atoms with Gasteiger partial charge in [0.2, 0.25) is 6.41 Å². The lowest BCUT2D eigenvalue weighted by molar-refractivity contribution is -0.105. The molecule has 0 heterocycles. The third-order valence-electron chi connectivity index (χ3n) is 1.48. The Morgan fingerprint density at radius 3 is 2.77 bits per heavy atom. The lowest BCUT2D eigenvalue weighted by Crippen LogP contribution is -1.92. The lowest BCUT2D eigenvalue weighted by Gasteiger charge is -1.98. The maximum Gasteiger partial charge on any atom is 0.211 e. The van der Waals surface area contributed by atoms with Crippen LogP contribution in [0.4, 0.5) is 5.69 Å². The summed E-state index contributed by atoms with van der Waals surface area (Å²) in [7, 11) is 0. The summed E-state index contributed by atoms with van der Waals surface area (Å²) < 4.78 is 0. The summed E-state index contributed by atoms with van der Waals surface area (Å²) >= 11 is 0. The fourth-order valence-electron chi connectivity index (χ4n) is 0.951.